The molecule has 1 heterocycles. The summed E-state index contributed by atoms with van der Waals surface area (Å²) < 4.78 is 33.9. The molecule has 3 N–H and O–H groups in total. The lowest BCUT2D eigenvalue weighted by Gasteiger charge is -2.18. The van der Waals surface area contributed by atoms with E-state index in [1.165, 1.54) is 18.2 Å². The number of benzene rings is 3. The largest absolute Gasteiger partial charge is 0.457 e. The number of H-pyrrole nitrogens is 1. The van der Waals surface area contributed by atoms with Crippen LogP contribution in [0.2, 0.25) is 0 Å². The summed E-state index contributed by atoms with van der Waals surface area (Å²) in [5.41, 5.74) is 0.712. The highest BCUT2D eigenvalue weighted by atomic mass is 32.2. The van der Waals surface area contributed by atoms with Crippen LogP contribution in [0.15, 0.2) is 77.8 Å². The Labute approximate surface area is 220 Å². The average Bonchev–Trinajstić information content (AvgIpc) is 3.31. The number of nitrogens with one attached hydrogen (secondary N) is 3. The van der Waals surface area contributed by atoms with Gasteiger partial charge in [-0.25, -0.2) is 13.1 Å². The van der Waals surface area contributed by atoms with Crippen LogP contribution in [0.4, 0.5) is 11.4 Å². The molecule has 1 amide bonds. The van der Waals surface area contributed by atoms with Crippen molar-refractivity contribution in [1.82, 2.24) is 9.71 Å². The maximum Gasteiger partial charge on any atom is 0.293 e. The Balaban J connectivity index is 1.54. The third-order valence-electron chi connectivity index (χ3n) is 5.78. The first-order chi connectivity index (χ1) is 17.9. The summed E-state index contributed by atoms with van der Waals surface area (Å²) >= 11 is 0. The van der Waals surface area contributed by atoms with E-state index in [0.717, 1.165) is 23.4 Å². The third kappa shape index (κ3) is 6.30. The Hall–Kier alpha value is -4.38. The van der Waals surface area contributed by atoms with Crippen LogP contribution in [0.25, 0.3) is 10.9 Å². The van der Waals surface area contributed by atoms with Gasteiger partial charge in [-0.3, -0.25) is 14.9 Å². The number of nitrogens with zero attached hydrogens (tertiary/aromatic N) is 1. The molecule has 0 radical (unpaired) electrons. The summed E-state index contributed by atoms with van der Waals surface area (Å²) in [5.74, 6) is -0.316. The number of ether oxygens (including phenoxy) is 1. The van der Waals surface area contributed by atoms with E-state index in [-0.39, 0.29) is 22.4 Å². The lowest BCUT2D eigenvalue weighted by molar-refractivity contribution is -0.384. The summed E-state index contributed by atoms with van der Waals surface area (Å²) in [7, 11) is -4.43. The molecule has 0 aliphatic heterocycles. The van der Waals surface area contributed by atoms with Crippen LogP contribution in [-0.4, -0.2) is 30.8 Å². The second kappa shape index (κ2) is 10.5. The van der Waals surface area contributed by atoms with E-state index in [1.54, 1.807) is 36.5 Å². The molecule has 0 spiro atoms. The van der Waals surface area contributed by atoms with Gasteiger partial charge in [0.1, 0.15) is 17.2 Å². The van der Waals surface area contributed by atoms with Crippen molar-refractivity contribution in [3.05, 3.63) is 88.6 Å². The number of carbonyl (C=O) groups excluding carboxylic acids is 1. The molecule has 0 saturated carbocycles. The summed E-state index contributed by atoms with van der Waals surface area (Å²) in [6, 6.07) is 16.9. The zero-order valence-electron chi connectivity index (χ0n) is 21.1. The van der Waals surface area contributed by atoms with Crippen molar-refractivity contribution < 1.29 is 22.9 Å². The fraction of sp³-hybridized carbons (Fsp3) is 0.222. The van der Waals surface area contributed by atoms with Gasteiger partial charge in [0, 0.05) is 29.7 Å². The predicted octanol–water partition coefficient (Wildman–Crippen LogP) is 5.84. The Morgan fingerprint density at radius 2 is 1.82 bits per heavy atom. The molecule has 4 rings (SSSR count). The number of hydrogen-bond acceptors (Lipinski definition) is 7. The van der Waals surface area contributed by atoms with E-state index < -0.39 is 31.4 Å². The number of amides is 1. The highest BCUT2D eigenvalue weighted by Crippen LogP contribution is 2.30. The van der Waals surface area contributed by atoms with E-state index >= 15 is 0 Å². The first-order valence-electron chi connectivity index (χ1n) is 11.9. The van der Waals surface area contributed by atoms with Gasteiger partial charge in [0.15, 0.2) is 0 Å². The van der Waals surface area contributed by atoms with Gasteiger partial charge in [0.2, 0.25) is 0 Å². The first-order valence-corrected chi connectivity index (χ1v) is 13.3. The third-order valence-corrected chi connectivity index (χ3v) is 7.11. The maximum absolute atomic E-state index is 13.0. The van der Waals surface area contributed by atoms with Crippen LogP contribution in [0, 0.1) is 15.5 Å². The Bertz CT molecular complexity index is 1610. The molecular formula is C27H28N4O6S. The standard InChI is InChI=1S/C27H28N4O6S/c1-27(2,3)13-15-29-23-11-9-20(17-24(23)31(33)34)38(35,36)30-26(32)21-6-4-5-7-25(21)37-19-8-10-22-18(16-19)12-14-28-22/h4-12,14,16-17,28-29H,13,15H2,1-3H3,(H,30,32). The van der Waals surface area contributed by atoms with Crippen molar-refractivity contribution in [2.75, 3.05) is 11.9 Å². The quantitative estimate of drug-likeness (QED) is 0.180. The molecule has 0 aliphatic carbocycles. The van der Waals surface area contributed by atoms with E-state index in [2.05, 4.69) is 10.3 Å². The van der Waals surface area contributed by atoms with Gasteiger partial charge in [-0.2, -0.15) is 0 Å². The normalized spacial score (nSPS) is 11.8. The lowest BCUT2D eigenvalue weighted by Crippen LogP contribution is -2.31. The van der Waals surface area contributed by atoms with Crippen LogP contribution in [-0.2, 0) is 10.0 Å². The van der Waals surface area contributed by atoms with Crippen LogP contribution in [0.5, 0.6) is 11.5 Å². The van der Waals surface area contributed by atoms with Crippen LogP contribution >= 0.6 is 0 Å². The van der Waals surface area contributed by atoms with Crippen molar-refractivity contribution in [3.8, 4) is 11.5 Å². The zero-order chi connectivity index (χ0) is 27.5. The smallest absolute Gasteiger partial charge is 0.293 e. The summed E-state index contributed by atoms with van der Waals surface area (Å²) in [5, 5.41) is 15.6. The van der Waals surface area contributed by atoms with E-state index in [0.29, 0.717) is 12.3 Å². The Morgan fingerprint density at radius 1 is 1.05 bits per heavy atom. The molecule has 0 atom stereocenters. The highest BCUT2D eigenvalue weighted by molar-refractivity contribution is 7.90. The van der Waals surface area contributed by atoms with Gasteiger partial charge in [0.25, 0.3) is 21.6 Å². The lowest BCUT2D eigenvalue weighted by atomic mass is 9.92. The minimum atomic E-state index is -4.43. The van der Waals surface area contributed by atoms with Crippen LogP contribution < -0.4 is 14.8 Å². The number of hydrogen-bond donors (Lipinski definition) is 3. The van der Waals surface area contributed by atoms with E-state index in [1.807, 2.05) is 37.6 Å². The number of sulfonamides is 1. The molecular weight excluding hydrogens is 508 g/mol. The van der Waals surface area contributed by atoms with E-state index in [9.17, 15) is 23.3 Å². The number of para-hydroxylation sites is 1. The summed E-state index contributed by atoms with van der Waals surface area (Å²) in [6.07, 6.45) is 2.54. The molecule has 10 nitrogen and oxygen atoms in total. The summed E-state index contributed by atoms with van der Waals surface area (Å²) in [6.45, 7) is 6.61. The molecule has 0 bridgehead atoms. The molecule has 0 aliphatic rings. The molecule has 0 saturated heterocycles. The molecule has 4 aromatic rings. The van der Waals surface area contributed by atoms with Gasteiger partial charge < -0.3 is 15.0 Å². The molecule has 1 aromatic heterocycles. The number of carbonyl (C=O) groups is 1. The topological polar surface area (TPSA) is 143 Å². The van der Waals surface area contributed by atoms with Crippen LogP contribution in [0.3, 0.4) is 0 Å². The van der Waals surface area contributed by atoms with Gasteiger partial charge in [-0.1, -0.05) is 32.9 Å². The second-order valence-electron chi connectivity index (χ2n) is 9.93. The molecule has 38 heavy (non-hydrogen) atoms. The number of anilines is 1. The average molecular weight is 537 g/mol. The minimum absolute atomic E-state index is 0.0137. The second-order valence-corrected chi connectivity index (χ2v) is 11.6. The van der Waals surface area contributed by atoms with Crippen molar-refractivity contribution in [2.45, 2.75) is 32.1 Å². The Kier molecular flexibility index (Phi) is 7.40. The van der Waals surface area contributed by atoms with Crippen molar-refractivity contribution in [1.29, 1.82) is 0 Å². The molecule has 11 heteroatoms. The number of aromatic amines is 1. The molecule has 3 aromatic carbocycles. The monoisotopic (exact) mass is 536 g/mol. The fourth-order valence-corrected chi connectivity index (χ4v) is 4.74. The number of rotatable bonds is 9. The van der Waals surface area contributed by atoms with Gasteiger partial charge in [0.05, 0.1) is 15.4 Å². The number of fused-ring (bicyclic) bond motifs is 1. The zero-order valence-corrected chi connectivity index (χ0v) is 22.0. The molecule has 198 valence electrons. The van der Waals surface area contributed by atoms with Crippen molar-refractivity contribution in [2.24, 2.45) is 5.41 Å². The number of aromatic nitrogens is 1. The van der Waals surface area contributed by atoms with Crippen molar-refractivity contribution >= 4 is 38.2 Å². The summed E-state index contributed by atoms with van der Waals surface area (Å²) in [4.78, 5) is 26.7. The Morgan fingerprint density at radius 3 is 2.55 bits per heavy atom. The predicted molar refractivity (Wildman–Crippen MR) is 145 cm³/mol. The van der Waals surface area contributed by atoms with Gasteiger partial charge in [-0.05, 0) is 60.4 Å². The number of nitro groups is 1. The SMILES string of the molecule is CC(C)(C)CCNc1ccc(S(=O)(=O)NC(=O)c2ccccc2Oc2ccc3[nH]ccc3c2)cc1[N+](=O)[O-]. The molecule has 0 fully saturated rings. The fourth-order valence-electron chi connectivity index (χ4n) is 3.75. The molecule has 0 unspecified atom stereocenters. The number of nitro benzene ring substituents is 1. The minimum Gasteiger partial charge on any atom is -0.457 e. The van der Waals surface area contributed by atoms with Crippen molar-refractivity contribution in [3.63, 3.8) is 0 Å². The van der Waals surface area contributed by atoms with E-state index in [4.69, 9.17) is 4.74 Å². The van der Waals surface area contributed by atoms with Gasteiger partial charge in [-0.15, -0.1) is 0 Å². The maximum atomic E-state index is 13.0. The first kappa shape index (κ1) is 26.7. The highest BCUT2D eigenvalue weighted by Gasteiger charge is 2.25. The van der Waals surface area contributed by atoms with Gasteiger partial charge >= 0.3 is 0 Å². The van der Waals surface area contributed by atoms with Crippen LogP contribution in [0.1, 0.15) is 37.6 Å².